The monoisotopic (exact) mass is 488 g/mol. The van der Waals surface area contributed by atoms with E-state index >= 15 is 0 Å². The van der Waals surface area contributed by atoms with Gasteiger partial charge in [0.1, 0.15) is 0 Å². The molecule has 3 aromatic carbocycles. The van der Waals surface area contributed by atoms with Crippen LogP contribution < -0.4 is 10.6 Å². The molecule has 3 aromatic rings. The molecule has 0 saturated carbocycles. The van der Waals surface area contributed by atoms with Crippen molar-refractivity contribution in [3.05, 3.63) is 102 Å². The SMILES string of the molecule is CCCCCCCCCCCCS/C(=C\P(c1ccccc1)c1ccccc1)c1ccccc1. The molecule has 0 aliphatic heterocycles. The average Bonchev–Trinajstić information content (AvgIpc) is 2.90. The number of hydrogen-bond acceptors (Lipinski definition) is 1. The van der Waals surface area contributed by atoms with Gasteiger partial charge in [0.05, 0.1) is 0 Å². The fraction of sp³-hybridized carbons (Fsp3) is 0.375. The van der Waals surface area contributed by atoms with Crippen molar-refractivity contribution in [1.82, 2.24) is 0 Å². The third-order valence-corrected chi connectivity index (χ3v) is 9.69. The number of rotatable bonds is 16. The highest BCUT2D eigenvalue weighted by molar-refractivity contribution is 8.08. The minimum absolute atomic E-state index is 0.536. The molecule has 0 N–H and O–H groups in total. The van der Waals surface area contributed by atoms with E-state index in [1.165, 1.54) is 91.0 Å². The molecule has 0 saturated heterocycles. The molecule has 3 rings (SSSR count). The van der Waals surface area contributed by atoms with Crippen molar-refractivity contribution in [2.24, 2.45) is 0 Å². The summed E-state index contributed by atoms with van der Waals surface area (Å²) in [5, 5.41) is 2.83. The van der Waals surface area contributed by atoms with Gasteiger partial charge in [0.2, 0.25) is 0 Å². The third-order valence-electron chi connectivity index (χ3n) is 6.13. The number of benzene rings is 3. The molecule has 0 spiro atoms. The summed E-state index contributed by atoms with van der Waals surface area (Å²) in [6.07, 6.45) is 13.9. The molecule has 0 bridgehead atoms. The summed E-state index contributed by atoms with van der Waals surface area (Å²) in [5.41, 5.74) is 1.35. The van der Waals surface area contributed by atoms with Gasteiger partial charge in [-0.05, 0) is 42.1 Å². The van der Waals surface area contributed by atoms with Crippen molar-refractivity contribution in [1.29, 1.82) is 0 Å². The van der Waals surface area contributed by atoms with E-state index in [9.17, 15) is 0 Å². The van der Waals surface area contributed by atoms with Crippen LogP contribution >= 0.6 is 19.7 Å². The molecule has 0 amide bonds. The highest BCUT2D eigenvalue weighted by Gasteiger charge is 2.13. The van der Waals surface area contributed by atoms with Crippen LogP contribution in [0.25, 0.3) is 4.91 Å². The standard InChI is InChI=1S/C32H41PS/c1-2-3-4-5-6-7-8-9-10-20-27-34-32(29-21-14-11-15-22-29)28-33(30-23-16-12-17-24-30)31-25-18-13-19-26-31/h11-19,21-26,28H,2-10,20,27H2,1H3/b32-28-. The van der Waals surface area contributed by atoms with Crippen molar-refractivity contribution >= 4 is 35.2 Å². The molecule has 0 aliphatic carbocycles. The Hall–Kier alpha value is -1.82. The average molecular weight is 489 g/mol. The Morgan fingerprint density at radius 2 is 1.03 bits per heavy atom. The second-order valence-corrected chi connectivity index (χ2v) is 12.1. The maximum atomic E-state index is 2.55. The Morgan fingerprint density at radius 1 is 0.588 bits per heavy atom. The smallest absolute Gasteiger partial charge is 0.0155 e. The highest BCUT2D eigenvalue weighted by Crippen LogP contribution is 2.42. The second-order valence-electron chi connectivity index (χ2n) is 8.93. The minimum Gasteiger partial charge on any atom is -0.125 e. The van der Waals surface area contributed by atoms with Gasteiger partial charge < -0.3 is 0 Å². The third kappa shape index (κ3) is 9.81. The fourth-order valence-electron chi connectivity index (χ4n) is 4.16. The Bertz CT molecular complexity index is 882. The lowest BCUT2D eigenvalue weighted by atomic mass is 10.1. The molecular formula is C32H41PS. The van der Waals surface area contributed by atoms with Crippen LogP contribution in [0.15, 0.2) is 96.8 Å². The van der Waals surface area contributed by atoms with Crippen molar-refractivity contribution in [3.63, 3.8) is 0 Å². The van der Waals surface area contributed by atoms with Gasteiger partial charge >= 0.3 is 0 Å². The van der Waals surface area contributed by atoms with E-state index < -0.39 is 7.92 Å². The van der Waals surface area contributed by atoms with Crippen molar-refractivity contribution in [2.75, 3.05) is 5.75 Å². The predicted molar refractivity (Wildman–Crippen MR) is 158 cm³/mol. The topological polar surface area (TPSA) is 0 Å². The molecule has 0 atom stereocenters. The largest absolute Gasteiger partial charge is 0.125 e. The molecule has 0 heterocycles. The number of unbranched alkanes of at least 4 members (excludes halogenated alkanes) is 9. The molecule has 0 fully saturated rings. The zero-order valence-electron chi connectivity index (χ0n) is 20.9. The first-order valence-electron chi connectivity index (χ1n) is 13.2. The summed E-state index contributed by atoms with van der Waals surface area (Å²) in [6, 6.07) is 33.0. The predicted octanol–water partition coefficient (Wildman–Crippen LogP) is 9.77. The minimum atomic E-state index is -0.536. The Labute approximate surface area is 214 Å². The molecule has 2 heteroatoms. The van der Waals surface area contributed by atoms with Gasteiger partial charge in [-0.3, -0.25) is 0 Å². The van der Waals surface area contributed by atoms with Crippen LogP contribution in [0.4, 0.5) is 0 Å². The lowest BCUT2D eigenvalue weighted by Gasteiger charge is -2.17. The van der Waals surface area contributed by atoms with Crippen LogP contribution in [0, 0.1) is 0 Å². The van der Waals surface area contributed by atoms with Crippen LogP contribution in [0.2, 0.25) is 0 Å². The van der Waals surface area contributed by atoms with Crippen molar-refractivity contribution in [2.45, 2.75) is 71.1 Å². The molecule has 0 unspecified atom stereocenters. The van der Waals surface area contributed by atoms with E-state index in [2.05, 4.69) is 104 Å². The quantitative estimate of drug-likeness (QED) is 0.143. The van der Waals surface area contributed by atoms with E-state index in [4.69, 9.17) is 0 Å². The van der Waals surface area contributed by atoms with Gasteiger partial charge in [0.25, 0.3) is 0 Å². The maximum absolute atomic E-state index is 2.55. The molecular weight excluding hydrogens is 447 g/mol. The zero-order valence-corrected chi connectivity index (χ0v) is 22.6. The maximum Gasteiger partial charge on any atom is 0.0155 e. The van der Waals surface area contributed by atoms with Crippen molar-refractivity contribution < 1.29 is 0 Å². The normalized spacial score (nSPS) is 11.8. The lowest BCUT2D eigenvalue weighted by molar-refractivity contribution is 0.563. The summed E-state index contributed by atoms with van der Waals surface area (Å²) in [6.45, 7) is 2.29. The Morgan fingerprint density at radius 3 is 1.53 bits per heavy atom. The first-order valence-corrected chi connectivity index (χ1v) is 15.6. The lowest BCUT2D eigenvalue weighted by Crippen LogP contribution is -2.09. The molecule has 180 valence electrons. The van der Waals surface area contributed by atoms with Crippen LogP contribution in [0.1, 0.15) is 76.7 Å². The van der Waals surface area contributed by atoms with E-state index in [1.54, 1.807) is 0 Å². The molecule has 0 nitrogen and oxygen atoms in total. The first kappa shape index (κ1) is 26.8. The number of hydrogen-bond donors (Lipinski definition) is 0. The van der Waals surface area contributed by atoms with Crippen LogP contribution in [-0.2, 0) is 0 Å². The fourth-order valence-corrected chi connectivity index (χ4v) is 7.61. The summed E-state index contributed by atoms with van der Waals surface area (Å²) in [5.74, 6) is 3.75. The second kappa shape index (κ2) is 16.7. The van der Waals surface area contributed by atoms with Gasteiger partial charge in [0.15, 0.2) is 0 Å². The summed E-state index contributed by atoms with van der Waals surface area (Å²) >= 11 is 2.05. The first-order chi connectivity index (χ1) is 16.9. The van der Waals surface area contributed by atoms with Crippen LogP contribution in [0.5, 0.6) is 0 Å². The van der Waals surface area contributed by atoms with Gasteiger partial charge in [0, 0.05) is 4.91 Å². The number of thioether (sulfide) groups is 1. The van der Waals surface area contributed by atoms with Gasteiger partial charge in [-0.25, -0.2) is 0 Å². The van der Waals surface area contributed by atoms with Gasteiger partial charge in [-0.1, -0.05) is 156 Å². The molecule has 0 aromatic heterocycles. The van der Waals surface area contributed by atoms with Gasteiger partial charge in [-0.2, -0.15) is 0 Å². The zero-order chi connectivity index (χ0) is 23.7. The Kier molecular flexibility index (Phi) is 13.2. The van der Waals surface area contributed by atoms with E-state index in [-0.39, 0.29) is 0 Å². The van der Waals surface area contributed by atoms with Crippen LogP contribution in [0.3, 0.4) is 0 Å². The molecule has 34 heavy (non-hydrogen) atoms. The van der Waals surface area contributed by atoms with Gasteiger partial charge in [-0.15, -0.1) is 11.8 Å². The Balaban J connectivity index is 1.60. The summed E-state index contributed by atoms with van der Waals surface area (Å²) < 4.78 is 0. The summed E-state index contributed by atoms with van der Waals surface area (Å²) in [4.78, 5) is 1.43. The van der Waals surface area contributed by atoms with E-state index in [0.717, 1.165) is 0 Å². The van der Waals surface area contributed by atoms with Crippen molar-refractivity contribution in [3.8, 4) is 0 Å². The van der Waals surface area contributed by atoms with E-state index in [0.29, 0.717) is 0 Å². The van der Waals surface area contributed by atoms with E-state index in [1.807, 2.05) is 11.8 Å². The summed E-state index contributed by atoms with van der Waals surface area (Å²) in [7, 11) is -0.536. The van der Waals surface area contributed by atoms with Crippen LogP contribution in [-0.4, -0.2) is 5.75 Å². The highest BCUT2D eigenvalue weighted by atomic mass is 32.2. The molecule has 0 aliphatic rings. The molecule has 0 radical (unpaired) electrons.